The van der Waals surface area contributed by atoms with E-state index in [2.05, 4.69) is 26.1 Å². The summed E-state index contributed by atoms with van der Waals surface area (Å²) < 4.78 is 1.03. The Morgan fingerprint density at radius 1 is 1.59 bits per heavy atom. The smallest absolute Gasteiger partial charge is 0.284 e. The molecule has 90 valence electrons. The summed E-state index contributed by atoms with van der Waals surface area (Å²) in [6.45, 7) is 0.550. The molecule has 0 saturated heterocycles. The number of carbonyl (C=O) groups excluding carboxylic acids is 1. The molecule has 0 aliphatic carbocycles. The molecule has 0 spiro atoms. The van der Waals surface area contributed by atoms with Crippen LogP contribution in [0.25, 0.3) is 0 Å². The zero-order valence-corrected chi connectivity index (χ0v) is 12.1. The quantitative estimate of drug-likeness (QED) is 0.935. The second kappa shape index (κ2) is 5.11. The predicted octanol–water partition coefficient (Wildman–Crippen LogP) is 2.22. The molecule has 0 saturated carbocycles. The summed E-state index contributed by atoms with van der Waals surface area (Å²) in [5.41, 5.74) is 5.44. The lowest BCUT2D eigenvalue weighted by Crippen LogP contribution is -2.25. The van der Waals surface area contributed by atoms with Crippen LogP contribution in [0.4, 0.5) is 5.13 Å². The van der Waals surface area contributed by atoms with Crippen LogP contribution < -0.4 is 5.73 Å². The van der Waals surface area contributed by atoms with E-state index in [0.29, 0.717) is 16.7 Å². The minimum atomic E-state index is -0.163. The number of amides is 1. The number of nitrogen functional groups attached to an aromatic ring is 1. The molecule has 5 nitrogen and oxygen atoms in total. The van der Waals surface area contributed by atoms with Gasteiger partial charge < -0.3 is 10.6 Å². The second-order valence-corrected chi connectivity index (χ2v) is 6.26. The highest BCUT2D eigenvalue weighted by Crippen LogP contribution is 2.21. The number of anilines is 1. The molecule has 0 atom stereocenters. The van der Waals surface area contributed by atoms with E-state index in [1.54, 1.807) is 23.3 Å². The average molecular weight is 333 g/mol. The molecule has 2 heterocycles. The van der Waals surface area contributed by atoms with Crippen LogP contribution in [-0.4, -0.2) is 28.1 Å². The molecule has 0 aliphatic rings. The molecular formula is C9H9BrN4OS2. The fourth-order valence-corrected chi connectivity index (χ4v) is 3.33. The van der Waals surface area contributed by atoms with Crippen molar-refractivity contribution in [3.63, 3.8) is 0 Å². The molecule has 0 aromatic carbocycles. The van der Waals surface area contributed by atoms with Gasteiger partial charge in [0.2, 0.25) is 10.1 Å². The van der Waals surface area contributed by atoms with Crippen molar-refractivity contribution >= 4 is 49.6 Å². The average Bonchev–Trinajstić information content (AvgIpc) is 2.87. The summed E-state index contributed by atoms with van der Waals surface area (Å²) in [4.78, 5) is 14.6. The van der Waals surface area contributed by atoms with Crippen molar-refractivity contribution < 1.29 is 4.79 Å². The van der Waals surface area contributed by atoms with Crippen LogP contribution in [-0.2, 0) is 6.54 Å². The van der Waals surface area contributed by atoms with Crippen molar-refractivity contribution in [1.82, 2.24) is 15.1 Å². The van der Waals surface area contributed by atoms with Crippen molar-refractivity contribution in [2.24, 2.45) is 0 Å². The van der Waals surface area contributed by atoms with Gasteiger partial charge in [0.1, 0.15) is 0 Å². The Balaban J connectivity index is 2.05. The van der Waals surface area contributed by atoms with Crippen LogP contribution in [0.15, 0.2) is 15.9 Å². The molecule has 2 aromatic rings. The minimum absolute atomic E-state index is 0.163. The molecule has 1 amide bonds. The fraction of sp³-hybridized carbons (Fsp3) is 0.222. The molecule has 0 radical (unpaired) electrons. The first-order valence-corrected chi connectivity index (χ1v) is 7.12. The predicted molar refractivity (Wildman–Crippen MR) is 72.1 cm³/mol. The molecule has 2 rings (SSSR count). The zero-order chi connectivity index (χ0) is 12.4. The highest BCUT2D eigenvalue weighted by atomic mass is 79.9. The zero-order valence-electron chi connectivity index (χ0n) is 8.88. The largest absolute Gasteiger partial charge is 0.374 e. The molecule has 2 aromatic heterocycles. The van der Waals surface area contributed by atoms with E-state index in [1.165, 1.54) is 0 Å². The first kappa shape index (κ1) is 12.5. The van der Waals surface area contributed by atoms with Crippen molar-refractivity contribution in [3.8, 4) is 0 Å². The number of rotatable bonds is 3. The van der Waals surface area contributed by atoms with E-state index >= 15 is 0 Å². The molecule has 2 N–H and O–H groups in total. The number of hydrogen-bond donors (Lipinski definition) is 1. The van der Waals surface area contributed by atoms with Crippen LogP contribution in [0.1, 0.15) is 14.7 Å². The van der Waals surface area contributed by atoms with Crippen LogP contribution in [0.5, 0.6) is 0 Å². The van der Waals surface area contributed by atoms with Crippen LogP contribution in [0.2, 0.25) is 0 Å². The van der Waals surface area contributed by atoms with Gasteiger partial charge in [-0.3, -0.25) is 4.79 Å². The van der Waals surface area contributed by atoms with Gasteiger partial charge in [0.05, 0.1) is 6.54 Å². The Bertz CT molecular complexity index is 539. The lowest BCUT2D eigenvalue weighted by Gasteiger charge is -2.13. The van der Waals surface area contributed by atoms with Crippen LogP contribution >= 0.6 is 38.6 Å². The fourth-order valence-electron chi connectivity index (χ4n) is 1.23. The maximum Gasteiger partial charge on any atom is 0.284 e. The third kappa shape index (κ3) is 3.02. The standard InChI is InChI=1S/C9H9BrN4OS2/c1-14(3-6-2-5(10)4-16-6)8(15)7-12-13-9(11)17-7/h2,4H,3H2,1H3,(H2,11,13). The van der Waals surface area contributed by atoms with Gasteiger partial charge in [0.15, 0.2) is 0 Å². The van der Waals surface area contributed by atoms with Crippen molar-refractivity contribution in [3.05, 3.63) is 25.8 Å². The molecule has 17 heavy (non-hydrogen) atoms. The normalized spacial score (nSPS) is 10.5. The Labute approximate surface area is 114 Å². The van der Waals surface area contributed by atoms with Gasteiger partial charge in [-0.05, 0) is 22.0 Å². The number of halogens is 1. The van der Waals surface area contributed by atoms with E-state index in [1.807, 2.05) is 11.4 Å². The van der Waals surface area contributed by atoms with Gasteiger partial charge in [0.25, 0.3) is 5.91 Å². The van der Waals surface area contributed by atoms with E-state index in [0.717, 1.165) is 20.7 Å². The Kier molecular flexibility index (Phi) is 3.75. The van der Waals surface area contributed by atoms with Crippen LogP contribution in [0, 0.1) is 0 Å². The third-order valence-corrected chi connectivity index (χ3v) is 4.41. The topological polar surface area (TPSA) is 72.1 Å². The molecule has 0 aliphatic heterocycles. The highest BCUT2D eigenvalue weighted by molar-refractivity contribution is 9.10. The molecule has 0 fully saturated rings. The number of aromatic nitrogens is 2. The third-order valence-electron chi connectivity index (χ3n) is 1.99. The Morgan fingerprint density at radius 2 is 2.35 bits per heavy atom. The van der Waals surface area contributed by atoms with Gasteiger partial charge >= 0.3 is 0 Å². The maximum atomic E-state index is 11.9. The number of hydrogen-bond acceptors (Lipinski definition) is 6. The van der Waals surface area contributed by atoms with E-state index < -0.39 is 0 Å². The summed E-state index contributed by atoms with van der Waals surface area (Å²) in [6, 6.07) is 1.99. The molecular weight excluding hydrogens is 324 g/mol. The van der Waals surface area contributed by atoms with Gasteiger partial charge in [-0.2, -0.15) is 0 Å². The van der Waals surface area contributed by atoms with E-state index in [9.17, 15) is 4.79 Å². The van der Waals surface area contributed by atoms with Crippen LogP contribution in [0.3, 0.4) is 0 Å². The number of thiophene rings is 1. The first-order chi connectivity index (χ1) is 8.06. The number of nitrogens with two attached hydrogens (primary N) is 1. The monoisotopic (exact) mass is 332 g/mol. The van der Waals surface area contributed by atoms with Gasteiger partial charge in [0, 0.05) is 21.8 Å². The van der Waals surface area contributed by atoms with Gasteiger partial charge in [-0.15, -0.1) is 21.5 Å². The summed E-state index contributed by atoms with van der Waals surface area (Å²) >= 11 is 6.07. The van der Waals surface area contributed by atoms with Gasteiger partial charge in [-0.1, -0.05) is 11.3 Å². The second-order valence-electron chi connectivity index (χ2n) is 3.34. The maximum absolute atomic E-state index is 11.9. The van der Waals surface area contributed by atoms with Crippen molar-refractivity contribution in [2.45, 2.75) is 6.54 Å². The van der Waals surface area contributed by atoms with E-state index in [-0.39, 0.29) is 5.91 Å². The molecule has 0 bridgehead atoms. The van der Waals surface area contributed by atoms with Crippen molar-refractivity contribution in [1.29, 1.82) is 0 Å². The van der Waals surface area contributed by atoms with Gasteiger partial charge in [-0.25, -0.2) is 0 Å². The lowest BCUT2D eigenvalue weighted by molar-refractivity contribution is 0.0785. The Hall–Kier alpha value is -0.990. The summed E-state index contributed by atoms with van der Waals surface area (Å²) in [6.07, 6.45) is 0. The minimum Gasteiger partial charge on any atom is -0.374 e. The first-order valence-electron chi connectivity index (χ1n) is 4.63. The molecule has 8 heteroatoms. The summed E-state index contributed by atoms with van der Waals surface area (Å²) in [5, 5.41) is 9.96. The summed E-state index contributed by atoms with van der Waals surface area (Å²) in [7, 11) is 1.73. The van der Waals surface area contributed by atoms with Crippen molar-refractivity contribution in [2.75, 3.05) is 12.8 Å². The molecule has 0 unspecified atom stereocenters. The summed E-state index contributed by atoms with van der Waals surface area (Å²) in [5.74, 6) is -0.163. The SMILES string of the molecule is CN(Cc1cc(Br)cs1)C(=O)c1nnc(N)s1. The number of nitrogens with zero attached hydrogens (tertiary/aromatic N) is 3. The highest BCUT2D eigenvalue weighted by Gasteiger charge is 2.17. The van der Waals surface area contributed by atoms with E-state index in [4.69, 9.17) is 5.73 Å². The lowest BCUT2D eigenvalue weighted by atomic mass is 10.4. The number of carbonyl (C=O) groups is 1. The Morgan fingerprint density at radius 3 is 2.88 bits per heavy atom.